The number of aryl methyl sites for hydroxylation is 1. The summed E-state index contributed by atoms with van der Waals surface area (Å²) >= 11 is 0. The van der Waals surface area contributed by atoms with E-state index in [4.69, 9.17) is 5.10 Å². The fraction of sp³-hybridized carbons (Fsp3) is 0.581. The van der Waals surface area contributed by atoms with Crippen molar-refractivity contribution in [1.29, 1.82) is 0 Å². The maximum absolute atomic E-state index is 13.8. The fourth-order valence-corrected chi connectivity index (χ4v) is 6.73. The molecule has 2 amide bonds. The minimum Gasteiger partial charge on any atom is -0.390 e. The largest absolute Gasteiger partial charge is 0.390 e. The number of aromatic nitrogens is 2. The van der Waals surface area contributed by atoms with Gasteiger partial charge in [0.1, 0.15) is 11.6 Å². The number of nitrogens with zero attached hydrogens (tertiary/aromatic N) is 4. The van der Waals surface area contributed by atoms with Gasteiger partial charge in [-0.15, -0.1) is 5.92 Å². The summed E-state index contributed by atoms with van der Waals surface area (Å²) in [5.41, 5.74) is 3.42. The lowest BCUT2D eigenvalue weighted by molar-refractivity contribution is -0.164. The second kappa shape index (κ2) is 11.5. The molecule has 8 heteroatoms. The normalized spacial score (nSPS) is 22.9. The predicted molar refractivity (Wildman–Crippen MR) is 150 cm³/mol. The third-order valence-corrected chi connectivity index (χ3v) is 9.15. The predicted octanol–water partition coefficient (Wildman–Crippen LogP) is 3.12. The van der Waals surface area contributed by atoms with E-state index in [0.717, 1.165) is 55.7 Å². The van der Waals surface area contributed by atoms with E-state index in [9.17, 15) is 14.7 Å². The minimum absolute atomic E-state index is 0.0475. The topological polar surface area (TPSA) is 90.7 Å². The van der Waals surface area contributed by atoms with Crippen molar-refractivity contribution in [2.24, 2.45) is 5.92 Å². The van der Waals surface area contributed by atoms with Crippen LogP contribution in [0.4, 0.5) is 0 Å². The molecular formula is C31H41N5O3. The Morgan fingerprint density at radius 3 is 2.46 bits per heavy atom. The molecule has 1 aliphatic carbocycles. The first-order chi connectivity index (χ1) is 18.9. The Labute approximate surface area is 231 Å². The summed E-state index contributed by atoms with van der Waals surface area (Å²) in [5, 5.41) is 18.9. The average Bonchev–Trinajstić information content (AvgIpc) is 3.25. The number of benzene rings is 1. The van der Waals surface area contributed by atoms with E-state index in [1.807, 2.05) is 29.8 Å². The number of likely N-dealkylation sites (tertiary alicyclic amines) is 1. The highest BCUT2D eigenvalue weighted by molar-refractivity contribution is 6.00. The molecule has 0 radical (unpaired) electrons. The molecule has 1 spiro atoms. The van der Waals surface area contributed by atoms with Crippen LogP contribution in [0.2, 0.25) is 0 Å². The first kappa shape index (κ1) is 27.4. The molecule has 2 aromatic rings. The third-order valence-electron chi connectivity index (χ3n) is 9.15. The highest BCUT2D eigenvalue weighted by Crippen LogP contribution is 2.36. The molecule has 3 fully saturated rings. The maximum atomic E-state index is 13.8. The molecule has 2 atom stereocenters. The molecule has 2 saturated heterocycles. The molecule has 5 rings (SSSR count). The van der Waals surface area contributed by atoms with E-state index in [-0.39, 0.29) is 24.3 Å². The Kier molecular flexibility index (Phi) is 8.11. The van der Waals surface area contributed by atoms with Crippen molar-refractivity contribution in [1.82, 2.24) is 24.9 Å². The first-order valence-corrected chi connectivity index (χ1v) is 14.4. The first-order valence-electron chi connectivity index (χ1n) is 14.4. The number of hydrogen-bond acceptors (Lipinski definition) is 5. The van der Waals surface area contributed by atoms with Crippen molar-refractivity contribution >= 4 is 11.8 Å². The van der Waals surface area contributed by atoms with Crippen molar-refractivity contribution in [2.75, 3.05) is 19.6 Å². The third kappa shape index (κ3) is 5.22. The molecule has 2 aliphatic heterocycles. The second-order valence-electron chi connectivity index (χ2n) is 11.4. The molecule has 2 N–H and O–H groups in total. The van der Waals surface area contributed by atoms with Gasteiger partial charge in [-0.05, 0) is 64.5 Å². The van der Waals surface area contributed by atoms with Crippen LogP contribution in [0.15, 0.2) is 30.3 Å². The van der Waals surface area contributed by atoms with Crippen LogP contribution in [0, 0.1) is 31.6 Å². The van der Waals surface area contributed by atoms with Gasteiger partial charge in [0, 0.05) is 30.9 Å². The lowest BCUT2D eigenvalue weighted by Crippen LogP contribution is -2.75. The molecule has 208 valence electrons. The Bertz CT molecular complexity index is 1250. The Balaban J connectivity index is 1.31. The van der Waals surface area contributed by atoms with Gasteiger partial charge in [0.05, 0.1) is 24.0 Å². The lowest BCUT2D eigenvalue weighted by Gasteiger charge is -2.52. The second-order valence-corrected chi connectivity index (χ2v) is 11.4. The highest BCUT2D eigenvalue weighted by atomic mass is 16.3. The number of carbonyl (C=O) groups excluding carboxylic acids is 2. The van der Waals surface area contributed by atoms with Gasteiger partial charge in [0.2, 0.25) is 11.8 Å². The van der Waals surface area contributed by atoms with E-state index in [2.05, 4.69) is 41.1 Å². The fourth-order valence-electron chi connectivity index (χ4n) is 6.73. The molecule has 0 bridgehead atoms. The zero-order valence-corrected chi connectivity index (χ0v) is 23.4. The molecule has 3 aliphatic rings. The number of hydrogen-bond donors (Lipinski definition) is 2. The van der Waals surface area contributed by atoms with E-state index < -0.39 is 17.7 Å². The molecule has 1 aromatic carbocycles. The van der Waals surface area contributed by atoms with Gasteiger partial charge in [-0.2, -0.15) is 5.10 Å². The Morgan fingerprint density at radius 1 is 1.10 bits per heavy atom. The Hall–Kier alpha value is -3.15. The molecule has 39 heavy (non-hydrogen) atoms. The lowest BCUT2D eigenvalue weighted by atomic mass is 9.78. The van der Waals surface area contributed by atoms with Crippen LogP contribution in [0.25, 0.3) is 5.69 Å². The van der Waals surface area contributed by atoms with Gasteiger partial charge >= 0.3 is 0 Å². The molecule has 1 aromatic heterocycles. The van der Waals surface area contributed by atoms with Gasteiger partial charge in [0.25, 0.3) is 0 Å². The van der Waals surface area contributed by atoms with Gasteiger partial charge in [-0.3, -0.25) is 14.5 Å². The molecule has 1 saturated carbocycles. The summed E-state index contributed by atoms with van der Waals surface area (Å²) in [4.78, 5) is 31.5. The smallest absolute Gasteiger partial charge is 0.249 e. The quantitative estimate of drug-likeness (QED) is 0.559. The molecular weight excluding hydrogens is 490 g/mol. The number of amides is 2. The van der Waals surface area contributed by atoms with Crippen molar-refractivity contribution in [2.45, 2.75) is 89.9 Å². The van der Waals surface area contributed by atoms with Crippen LogP contribution in [0.1, 0.15) is 68.8 Å². The summed E-state index contributed by atoms with van der Waals surface area (Å²) in [6, 6.07) is 9.24. The zero-order valence-electron chi connectivity index (χ0n) is 23.4. The summed E-state index contributed by atoms with van der Waals surface area (Å²) in [7, 11) is 0. The van der Waals surface area contributed by atoms with E-state index in [1.165, 1.54) is 5.56 Å². The number of para-hydroxylation sites is 1. The van der Waals surface area contributed by atoms with E-state index >= 15 is 0 Å². The number of piperazine rings is 1. The summed E-state index contributed by atoms with van der Waals surface area (Å²) < 4.78 is 1.99. The maximum Gasteiger partial charge on any atom is 0.249 e. The number of aliphatic hydroxyl groups is 1. The van der Waals surface area contributed by atoms with Crippen LogP contribution in [-0.2, 0) is 16.1 Å². The highest BCUT2D eigenvalue weighted by Gasteiger charge is 2.55. The molecule has 3 heterocycles. The van der Waals surface area contributed by atoms with Crippen molar-refractivity contribution in [3.8, 4) is 17.5 Å². The van der Waals surface area contributed by atoms with E-state index in [1.54, 1.807) is 11.8 Å². The van der Waals surface area contributed by atoms with Crippen LogP contribution in [0.5, 0.6) is 0 Å². The van der Waals surface area contributed by atoms with Crippen LogP contribution in [-0.4, -0.2) is 73.8 Å². The minimum atomic E-state index is -0.932. The number of rotatable bonds is 6. The zero-order chi connectivity index (χ0) is 27.6. The van der Waals surface area contributed by atoms with Gasteiger partial charge in [-0.25, -0.2) is 4.68 Å². The summed E-state index contributed by atoms with van der Waals surface area (Å²) in [6.07, 6.45) is 5.29. The van der Waals surface area contributed by atoms with Crippen molar-refractivity contribution in [3.63, 3.8) is 0 Å². The van der Waals surface area contributed by atoms with Gasteiger partial charge in [0.15, 0.2) is 0 Å². The number of aliphatic hydroxyl groups excluding tert-OH is 1. The van der Waals surface area contributed by atoms with Crippen LogP contribution in [0.3, 0.4) is 0 Å². The summed E-state index contributed by atoms with van der Waals surface area (Å²) in [6.45, 7) is 8.21. The molecule has 8 nitrogen and oxygen atoms in total. The standard InChI is InChI=1S/C31H41N5O3/c1-4-5-18-35-29(38)27(28(37)24-12-8-6-9-13-24)32-30(39)31(35)16-19-34(20-17-31)21-26-22(2)33-36(23(26)3)25-14-10-7-11-15-25/h7,10-11,14-15,24,27-28,37H,6,8-9,12-13,16-21H2,1-3H3,(H,32,39). The van der Waals surface area contributed by atoms with Crippen LogP contribution < -0.4 is 5.32 Å². The van der Waals surface area contributed by atoms with E-state index in [0.29, 0.717) is 25.9 Å². The summed E-state index contributed by atoms with van der Waals surface area (Å²) in [5.74, 6) is 5.63. The SMILES string of the molecule is CC#CCN1C(=O)C(C(O)C2CCCCC2)NC(=O)C12CCN(Cc1c(C)nn(-c3ccccc3)c1C)CC2. The Morgan fingerprint density at radius 2 is 1.79 bits per heavy atom. The van der Waals surface area contributed by atoms with Crippen molar-refractivity contribution in [3.05, 3.63) is 47.3 Å². The monoisotopic (exact) mass is 531 g/mol. The van der Waals surface area contributed by atoms with Gasteiger partial charge in [-0.1, -0.05) is 43.4 Å². The number of piperidine rings is 1. The number of carbonyl (C=O) groups is 2. The molecule has 2 unspecified atom stereocenters. The van der Waals surface area contributed by atoms with Gasteiger partial charge < -0.3 is 15.3 Å². The van der Waals surface area contributed by atoms with Crippen molar-refractivity contribution < 1.29 is 14.7 Å². The average molecular weight is 532 g/mol. The number of nitrogens with one attached hydrogen (secondary N) is 1. The van der Waals surface area contributed by atoms with Crippen LogP contribution >= 0.6 is 0 Å².